The van der Waals surface area contributed by atoms with E-state index in [1.807, 2.05) is 4.90 Å². The second-order valence-corrected chi connectivity index (χ2v) is 11.4. The Kier molecular flexibility index (Phi) is 14.1. The van der Waals surface area contributed by atoms with Crippen LogP contribution in [0.3, 0.4) is 0 Å². The summed E-state index contributed by atoms with van der Waals surface area (Å²) in [4.78, 5) is 61.5. The SMILES string of the molecule is O=C(O)CN1CCN(CC(=O)O)CCN(CC(O)N(Cc2ccccc2)CP(=O)(O)O)CCN(CC(=O)O)CC1. The van der Waals surface area contributed by atoms with Gasteiger partial charge in [0, 0.05) is 65.4 Å². The number of β-amino-alcohol motifs (C(OH)–C–C–N with tert-alkyl or cyclic N) is 1. The molecule has 1 aromatic carbocycles. The van der Waals surface area contributed by atoms with Crippen LogP contribution in [0, 0.1) is 0 Å². The first kappa shape index (κ1) is 33.7. The Bertz CT molecular complexity index is 966. The third-order valence-corrected chi connectivity index (χ3v) is 7.18. The minimum Gasteiger partial charge on any atom is -0.480 e. The Morgan fingerprint density at radius 1 is 0.725 bits per heavy atom. The Hall–Kier alpha value is -2.46. The van der Waals surface area contributed by atoms with Gasteiger partial charge in [-0.3, -0.25) is 43.4 Å². The van der Waals surface area contributed by atoms with Crippen molar-refractivity contribution in [2.75, 3.05) is 84.8 Å². The normalized spacial score (nSPS) is 18.6. The summed E-state index contributed by atoms with van der Waals surface area (Å²) in [6, 6.07) is 8.91. The van der Waals surface area contributed by atoms with Crippen LogP contribution < -0.4 is 0 Å². The van der Waals surface area contributed by atoms with Crippen molar-refractivity contribution in [3.8, 4) is 0 Å². The van der Waals surface area contributed by atoms with Crippen LogP contribution >= 0.6 is 7.60 Å². The van der Waals surface area contributed by atoms with Crippen LogP contribution in [0.25, 0.3) is 0 Å². The van der Waals surface area contributed by atoms with E-state index < -0.39 is 38.0 Å². The van der Waals surface area contributed by atoms with Gasteiger partial charge in [-0.15, -0.1) is 0 Å². The first-order valence-electron chi connectivity index (χ1n) is 12.9. The van der Waals surface area contributed by atoms with Gasteiger partial charge in [0.05, 0.1) is 19.6 Å². The number of carboxylic acid groups (broad SMARTS) is 3. The van der Waals surface area contributed by atoms with Crippen molar-refractivity contribution in [3.05, 3.63) is 35.9 Å². The molecule has 1 aliphatic rings. The molecule has 0 aliphatic carbocycles. The number of nitrogens with zero attached hydrogens (tertiary/aromatic N) is 5. The van der Waals surface area contributed by atoms with Gasteiger partial charge in [0.2, 0.25) is 0 Å². The number of hydrogen-bond donors (Lipinski definition) is 6. The molecule has 1 fully saturated rings. The van der Waals surface area contributed by atoms with Gasteiger partial charge in [0.25, 0.3) is 0 Å². The van der Waals surface area contributed by atoms with Crippen molar-refractivity contribution in [2.45, 2.75) is 12.8 Å². The fourth-order valence-electron chi connectivity index (χ4n) is 4.46. The molecule has 1 atom stereocenters. The maximum absolute atomic E-state index is 11.8. The van der Waals surface area contributed by atoms with E-state index in [0.29, 0.717) is 0 Å². The lowest BCUT2D eigenvalue weighted by atomic mass is 10.2. The van der Waals surface area contributed by atoms with Crippen LogP contribution in [0.2, 0.25) is 0 Å². The number of carbonyl (C=O) groups is 3. The summed E-state index contributed by atoms with van der Waals surface area (Å²) in [6.45, 7) is 1.34. The van der Waals surface area contributed by atoms with Crippen LogP contribution in [0.5, 0.6) is 0 Å². The van der Waals surface area contributed by atoms with Gasteiger partial charge in [-0.2, -0.15) is 0 Å². The number of benzene rings is 1. The zero-order valence-corrected chi connectivity index (χ0v) is 23.3. The Balaban J connectivity index is 2.23. The maximum Gasteiger partial charge on any atom is 0.339 e. The number of aliphatic carboxylic acids is 3. The molecule has 0 spiro atoms. The lowest BCUT2D eigenvalue weighted by Crippen LogP contribution is -2.51. The molecule has 0 radical (unpaired) electrons. The Labute approximate surface area is 233 Å². The van der Waals surface area contributed by atoms with Gasteiger partial charge in [-0.1, -0.05) is 30.3 Å². The van der Waals surface area contributed by atoms with E-state index in [1.54, 1.807) is 45.0 Å². The highest BCUT2D eigenvalue weighted by atomic mass is 31.2. The van der Waals surface area contributed by atoms with Crippen molar-refractivity contribution >= 4 is 25.5 Å². The molecule has 1 aromatic rings. The molecule has 0 aromatic heterocycles. The Morgan fingerprint density at radius 2 is 1.10 bits per heavy atom. The first-order chi connectivity index (χ1) is 18.8. The van der Waals surface area contributed by atoms with Crippen LogP contribution in [0.1, 0.15) is 5.56 Å². The Morgan fingerprint density at radius 3 is 1.45 bits per heavy atom. The predicted octanol–water partition coefficient (Wildman–Crippen LogP) is -1.58. The predicted molar refractivity (Wildman–Crippen MR) is 144 cm³/mol. The molecule has 0 saturated carbocycles. The van der Waals surface area contributed by atoms with Crippen molar-refractivity contribution in [1.29, 1.82) is 0 Å². The van der Waals surface area contributed by atoms with E-state index in [4.69, 9.17) is 0 Å². The number of rotatable bonds is 13. The van der Waals surface area contributed by atoms with Gasteiger partial charge in [0.15, 0.2) is 0 Å². The second kappa shape index (κ2) is 16.7. The van der Waals surface area contributed by atoms with E-state index in [9.17, 15) is 49.2 Å². The third-order valence-electron chi connectivity index (χ3n) is 6.44. The van der Waals surface area contributed by atoms with Crippen molar-refractivity contribution < 1.29 is 49.2 Å². The number of hydrogen-bond acceptors (Lipinski definition) is 10. The summed E-state index contributed by atoms with van der Waals surface area (Å²) in [5, 5.41) is 39.1. The monoisotopic (exact) mass is 589 g/mol. The standard InChI is InChI=1S/C24H40N5O10P/c30-21(29(19-40(37,38)39)14-20-4-2-1-3-5-20)15-25-6-8-26(16-22(31)32)10-12-28(18-24(35)36)13-11-27(9-7-25)17-23(33)34/h1-5,21,30H,6-19H2,(H,31,32)(H,33,34)(H,35,36)(H2,37,38,39). The highest BCUT2D eigenvalue weighted by Gasteiger charge is 2.27. The molecule has 16 heteroatoms. The topological polar surface area (TPSA) is 206 Å². The molecule has 6 N–H and O–H groups in total. The van der Waals surface area contributed by atoms with Gasteiger partial charge in [-0.05, 0) is 5.56 Å². The maximum atomic E-state index is 11.8. The second-order valence-electron chi connectivity index (χ2n) is 9.83. The van der Waals surface area contributed by atoms with Gasteiger partial charge in [-0.25, -0.2) is 0 Å². The minimum atomic E-state index is -4.52. The smallest absolute Gasteiger partial charge is 0.339 e. The fourth-order valence-corrected chi connectivity index (χ4v) is 5.22. The highest BCUT2D eigenvalue weighted by molar-refractivity contribution is 7.51. The summed E-state index contributed by atoms with van der Waals surface area (Å²) in [5.74, 6) is -3.14. The third kappa shape index (κ3) is 14.3. The van der Waals surface area contributed by atoms with Gasteiger partial charge < -0.3 is 30.2 Å². The van der Waals surface area contributed by atoms with Gasteiger partial charge in [0.1, 0.15) is 12.5 Å². The molecule has 1 heterocycles. The van der Waals surface area contributed by atoms with Crippen molar-refractivity contribution in [3.63, 3.8) is 0 Å². The van der Waals surface area contributed by atoms with Crippen molar-refractivity contribution in [1.82, 2.24) is 24.5 Å². The quantitative estimate of drug-likeness (QED) is 0.113. The molecule has 2 rings (SSSR count). The van der Waals surface area contributed by atoms with E-state index in [2.05, 4.69) is 0 Å². The summed E-state index contributed by atoms with van der Waals surface area (Å²) >= 11 is 0. The molecule has 1 aliphatic heterocycles. The lowest BCUT2D eigenvalue weighted by Gasteiger charge is -2.36. The van der Waals surface area contributed by atoms with E-state index in [1.165, 1.54) is 4.90 Å². The van der Waals surface area contributed by atoms with Crippen LogP contribution in [0.4, 0.5) is 0 Å². The average Bonchev–Trinajstić information content (AvgIpc) is 2.84. The summed E-state index contributed by atoms with van der Waals surface area (Å²) in [7, 11) is -4.52. The number of aliphatic hydroxyl groups excluding tert-OH is 1. The molecule has 0 bridgehead atoms. The lowest BCUT2D eigenvalue weighted by molar-refractivity contribution is -0.140. The molecule has 226 valence electrons. The zero-order chi connectivity index (χ0) is 29.7. The van der Waals surface area contributed by atoms with E-state index >= 15 is 0 Å². The summed E-state index contributed by atoms with van der Waals surface area (Å²) in [5.41, 5.74) is 0.745. The van der Waals surface area contributed by atoms with Gasteiger partial charge >= 0.3 is 25.5 Å². The molecular formula is C24H40N5O10P. The molecule has 1 saturated heterocycles. The summed E-state index contributed by atoms with van der Waals surface area (Å²) < 4.78 is 11.8. The molecule has 1 unspecified atom stereocenters. The average molecular weight is 590 g/mol. The van der Waals surface area contributed by atoms with E-state index in [-0.39, 0.29) is 85.1 Å². The molecule has 40 heavy (non-hydrogen) atoms. The fraction of sp³-hybridized carbons (Fsp3) is 0.625. The molecule has 15 nitrogen and oxygen atoms in total. The minimum absolute atomic E-state index is 0.0280. The first-order valence-corrected chi connectivity index (χ1v) is 14.7. The zero-order valence-electron chi connectivity index (χ0n) is 22.4. The number of aliphatic hydroxyl groups is 1. The number of carboxylic acids is 3. The van der Waals surface area contributed by atoms with Crippen molar-refractivity contribution in [2.24, 2.45) is 0 Å². The van der Waals surface area contributed by atoms with Crippen LogP contribution in [0.15, 0.2) is 30.3 Å². The highest BCUT2D eigenvalue weighted by Crippen LogP contribution is 2.36. The van der Waals surface area contributed by atoms with E-state index in [0.717, 1.165) is 5.56 Å². The van der Waals surface area contributed by atoms with Crippen LogP contribution in [-0.2, 0) is 25.5 Å². The molecule has 0 amide bonds. The largest absolute Gasteiger partial charge is 0.480 e. The van der Waals surface area contributed by atoms with Crippen LogP contribution in [-0.4, -0.2) is 164 Å². The molecular weight excluding hydrogens is 549 g/mol. The summed E-state index contributed by atoms with van der Waals surface area (Å²) in [6.07, 6.45) is -1.96.